The number of hydrogen-bond donors (Lipinski definition) is 3. The van der Waals surface area contributed by atoms with Gasteiger partial charge in [0, 0.05) is 5.54 Å². The zero-order valence-corrected chi connectivity index (χ0v) is 12.5. The van der Waals surface area contributed by atoms with Crippen LogP contribution in [0.1, 0.15) is 53.9 Å². The van der Waals surface area contributed by atoms with Crippen LogP contribution in [0.2, 0.25) is 0 Å². The number of aliphatic carboxylic acids is 1. The quantitative estimate of drug-likeness (QED) is 0.717. The van der Waals surface area contributed by atoms with Gasteiger partial charge in [-0.3, -0.25) is 0 Å². The predicted octanol–water partition coefficient (Wildman–Crippen LogP) is 2.36. The summed E-state index contributed by atoms with van der Waals surface area (Å²) >= 11 is 0. The number of nitrogens with one attached hydrogen (secondary N) is 2. The molecule has 0 aromatic heterocycles. The van der Waals surface area contributed by atoms with Gasteiger partial charge in [-0.05, 0) is 44.4 Å². The molecule has 19 heavy (non-hydrogen) atoms. The second kappa shape index (κ2) is 5.39. The van der Waals surface area contributed by atoms with Crippen molar-refractivity contribution in [3.8, 4) is 0 Å². The Labute approximate surface area is 115 Å². The number of rotatable bonds is 5. The fourth-order valence-corrected chi connectivity index (χ4v) is 2.67. The van der Waals surface area contributed by atoms with Gasteiger partial charge in [-0.1, -0.05) is 20.8 Å². The Kier molecular flexibility index (Phi) is 4.48. The summed E-state index contributed by atoms with van der Waals surface area (Å²) in [6.07, 6.45) is 2.57. The van der Waals surface area contributed by atoms with Gasteiger partial charge in [-0.25, -0.2) is 9.59 Å². The molecule has 1 fully saturated rings. The Balaban J connectivity index is 2.51. The lowest BCUT2D eigenvalue weighted by atomic mass is 9.82. The minimum Gasteiger partial charge on any atom is -0.480 e. The van der Waals surface area contributed by atoms with Crippen LogP contribution in [0.3, 0.4) is 0 Å². The van der Waals surface area contributed by atoms with E-state index in [0.717, 1.165) is 19.3 Å². The van der Waals surface area contributed by atoms with Crippen LogP contribution in [0.4, 0.5) is 4.79 Å². The number of carboxylic acid groups (broad SMARTS) is 1. The molecule has 1 atom stereocenters. The number of carbonyl (C=O) groups excluding carboxylic acids is 1. The van der Waals surface area contributed by atoms with E-state index in [1.54, 1.807) is 0 Å². The molecule has 0 saturated heterocycles. The van der Waals surface area contributed by atoms with E-state index in [-0.39, 0.29) is 16.9 Å². The van der Waals surface area contributed by atoms with Crippen molar-refractivity contribution in [3.63, 3.8) is 0 Å². The minimum absolute atomic E-state index is 0.0916. The summed E-state index contributed by atoms with van der Waals surface area (Å²) in [7, 11) is 0. The molecule has 1 rings (SSSR count). The molecule has 2 amide bonds. The zero-order valence-electron chi connectivity index (χ0n) is 12.5. The van der Waals surface area contributed by atoms with Crippen molar-refractivity contribution in [1.29, 1.82) is 0 Å². The highest BCUT2D eigenvalue weighted by atomic mass is 16.4. The third kappa shape index (κ3) is 5.94. The van der Waals surface area contributed by atoms with Crippen molar-refractivity contribution in [2.45, 2.75) is 65.5 Å². The van der Waals surface area contributed by atoms with E-state index in [9.17, 15) is 9.59 Å². The summed E-state index contributed by atoms with van der Waals surface area (Å²) in [6.45, 7) is 10.2. The molecule has 0 aromatic rings. The lowest BCUT2D eigenvalue weighted by Gasteiger charge is -2.33. The van der Waals surface area contributed by atoms with Crippen molar-refractivity contribution in [2.24, 2.45) is 11.3 Å². The molecule has 110 valence electrons. The molecule has 1 unspecified atom stereocenters. The molecule has 1 aliphatic carbocycles. The van der Waals surface area contributed by atoms with E-state index >= 15 is 0 Å². The molecule has 3 N–H and O–H groups in total. The Morgan fingerprint density at radius 1 is 1.21 bits per heavy atom. The largest absolute Gasteiger partial charge is 0.480 e. The second-order valence-electron chi connectivity index (χ2n) is 7.37. The molecule has 0 bridgehead atoms. The topological polar surface area (TPSA) is 78.4 Å². The van der Waals surface area contributed by atoms with Crippen molar-refractivity contribution < 1.29 is 14.7 Å². The number of urea groups is 1. The summed E-state index contributed by atoms with van der Waals surface area (Å²) < 4.78 is 0. The third-order valence-corrected chi connectivity index (χ3v) is 3.07. The molecule has 0 aliphatic heterocycles. The molecule has 0 heterocycles. The van der Waals surface area contributed by atoms with Crippen LogP contribution in [0.5, 0.6) is 0 Å². The maximum absolute atomic E-state index is 11.9. The monoisotopic (exact) mass is 270 g/mol. The standard InChI is InChI=1S/C14H26N2O3/c1-13(2,3)8-14(4,5)16-12(19)15-10(11(17)18)9-6-7-9/h9-10H,6-8H2,1-5H3,(H,17,18)(H2,15,16,19). The van der Waals surface area contributed by atoms with Gasteiger partial charge in [0.1, 0.15) is 6.04 Å². The van der Waals surface area contributed by atoms with E-state index in [2.05, 4.69) is 31.4 Å². The average molecular weight is 270 g/mol. The van der Waals surface area contributed by atoms with Gasteiger partial charge in [-0.15, -0.1) is 0 Å². The maximum Gasteiger partial charge on any atom is 0.326 e. The first kappa shape index (κ1) is 15.8. The van der Waals surface area contributed by atoms with E-state index in [4.69, 9.17) is 5.11 Å². The van der Waals surface area contributed by atoms with Crippen molar-refractivity contribution in [3.05, 3.63) is 0 Å². The first-order valence-electron chi connectivity index (χ1n) is 6.82. The molecule has 5 heteroatoms. The predicted molar refractivity (Wildman–Crippen MR) is 74.0 cm³/mol. The molecule has 0 spiro atoms. The van der Waals surface area contributed by atoms with Gasteiger partial charge in [0.05, 0.1) is 0 Å². The van der Waals surface area contributed by atoms with Gasteiger partial charge in [0.15, 0.2) is 0 Å². The number of carbonyl (C=O) groups is 2. The lowest BCUT2D eigenvalue weighted by molar-refractivity contribution is -0.139. The van der Waals surface area contributed by atoms with E-state index in [0.29, 0.717) is 0 Å². The maximum atomic E-state index is 11.9. The highest BCUT2D eigenvalue weighted by Crippen LogP contribution is 2.33. The van der Waals surface area contributed by atoms with E-state index in [1.807, 2.05) is 13.8 Å². The molecule has 1 aliphatic rings. The van der Waals surface area contributed by atoms with Crippen LogP contribution in [-0.2, 0) is 4.79 Å². The minimum atomic E-state index is -0.953. The Bertz CT molecular complexity index is 354. The highest BCUT2D eigenvalue weighted by molar-refractivity contribution is 5.83. The summed E-state index contributed by atoms with van der Waals surface area (Å²) in [4.78, 5) is 23.0. The fourth-order valence-electron chi connectivity index (χ4n) is 2.67. The van der Waals surface area contributed by atoms with Crippen LogP contribution in [0.25, 0.3) is 0 Å². The van der Waals surface area contributed by atoms with Gasteiger partial charge >= 0.3 is 12.0 Å². The lowest BCUT2D eigenvalue weighted by Crippen LogP contribution is -2.54. The van der Waals surface area contributed by atoms with Crippen LogP contribution >= 0.6 is 0 Å². The molecular formula is C14H26N2O3. The number of amides is 2. The summed E-state index contributed by atoms with van der Waals surface area (Å²) in [6, 6.07) is -1.15. The van der Waals surface area contributed by atoms with Gasteiger partial charge in [0.2, 0.25) is 0 Å². The van der Waals surface area contributed by atoms with Crippen molar-refractivity contribution in [1.82, 2.24) is 10.6 Å². The Morgan fingerprint density at radius 2 is 1.74 bits per heavy atom. The van der Waals surface area contributed by atoms with Crippen LogP contribution in [0, 0.1) is 11.3 Å². The van der Waals surface area contributed by atoms with Gasteiger partial charge in [0.25, 0.3) is 0 Å². The SMILES string of the molecule is CC(C)(C)CC(C)(C)NC(=O)NC(C(=O)O)C1CC1. The van der Waals surface area contributed by atoms with Crippen molar-refractivity contribution in [2.75, 3.05) is 0 Å². The molecule has 1 saturated carbocycles. The molecule has 0 aromatic carbocycles. The summed E-state index contributed by atoms with van der Waals surface area (Å²) in [5, 5.41) is 14.5. The van der Waals surface area contributed by atoms with Gasteiger partial charge in [-0.2, -0.15) is 0 Å². The van der Waals surface area contributed by atoms with Crippen molar-refractivity contribution >= 4 is 12.0 Å². The van der Waals surface area contributed by atoms with Crippen LogP contribution < -0.4 is 10.6 Å². The first-order valence-corrected chi connectivity index (χ1v) is 6.82. The zero-order chi connectivity index (χ0) is 14.8. The highest BCUT2D eigenvalue weighted by Gasteiger charge is 2.38. The smallest absolute Gasteiger partial charge is 0.326 e. The molecule has 5 nitrogen and oxygen atoms in total. The first-order chi connectivity index (χ1) is 8.50. The molecule has 0 radical (unpaired) electrons. The fraction of sp³-hybridized carbons (Fsp3) is 0.857. The van der Waals surface area contributed by atoms with Crippen LogP contribution in [-0.4, -0.2) is 28.7 Å². The molecular weight excluding hydrogens is 244 g/mol. The average Bonchev–Trinajstić information content (AvgIpc) is 2.91. The normalized spacial score (nSPS) is 17.7. The number of carboxylic acids is 1. The van der Waals surface area contributed by atoms with E-state index in [1.165, 1.54) is 0 Å². The Morgan fingerprint density at radius 3 is 2.11 bits per heavy atom. The Hall–Kier alpha value is -1.26. The summed E-state index contributed by atoms with van der Waals surface area (Å²) in [5.41, 5.74) is -0.269. The van der Waals surface area contributed by atoms with Crippen LogP contribution in [0.15, 0.2) is 0 Å². The summed E-state index contributed by atoms with van der Waals surface area (Å²) in [5.74, 6) is -0.861. The second-order valence-corrected chi connectivity index (χ2v) is 7.37. The third-order valence-electron chi connectivity index (χ3n) is 3.07. The van der Waals surface area contributed by atoms with Gasteiger partial charge < -0.3 is 15.7 Å². The van der Waals surface area contributed by atoms with E-state index < -0.39 is 18.0 Å². The number of hydrogen-bond acceptors (Lipinski definition) is 2.